The van der Waals surface area contributed by atoms with Crippen LogP contribution >= 0.6 is 0 Å². The number of carbonyl (C=O) groups is 1. The number of ether oxygens (including phenoxy) is 1. The minimum absolute atomic E-state index is 0.000926. The van der Waals surface area contributed by atoms with E-state index in [0.29, 0.717) is 6.04 Å². The van der Waals surface area contributed by atoms with Crippen LogP contribution in [0.15, 0.2) is 0 Å². The maximum absolute atomic E-state index is 11.2. The molecular weight excluding hydrogens is 166 g/mol. The first-order chi connectivity index (χ1) is 6.15. The van der Waals surface area contributed by atoms with E-state index in [9.17, 15) is 4.79 Å². The Kier molecular flexibility index (Phi) is 6.59. The third-order valence-corrected chi connectivity index (χ3v) is 2.35. The molecule has 0 aliphatic heterocycles. The third kappa shape index (κ3) is 4.88. The lowest BCUT2D eigenvalue weighted by Gasteiger charge is -2.16. The van der Waals surface area contributed by atoms with E-state index < -0.39 is 0 Å². The van der Waals surface area contributed by atoms with E-state index in [1.54, 1.807) is 0 Å². The van der Waals surface area contributed by atoms with Gasteiger partial charge in [0.05, 0.1) is 13.0 Å². The van der Waals surface area contributed by atoms with Crippen LogP contribution in [0, 0.1) is 5.92 Å². The van der Waals surface area contributed by atoms with Crippen LogP contribution in [-0.4, -0.2) is 25.7 Å². The molecular formula is C10H21NO2. The highest BCUT2D eigenvalue weighted by Gasteiger charge is 2.16. The fourth-order valence-corrected chi connectivity index (χ4v) is 1.05. The molecule has 0 radical (unpaired) electrons. The highest BCUT2D eigenvalue weighted by molar-refractivity contribution is 5.72. The summed E-state index contributed by atoms with van der Waals surface area (Å²) in [5.74, 6) is -0.114. The van der Waals surface area contributed by atoms with Gasteiger partial charge in [-0.25, -0.2) is 0 Å². The van der Waals surface area contributed by atoms with E-state index in [2.05, 4.69) is 19.2 Å². The van der Waals surface area contributed by atoms with Crippen LogP contribution in [0.2, 0.25) is 0 Å². The summed E-state index contributed by atoms with van der Waals surface area (Å²) >= 11 is 0. The van der Waals surface area contributed by atoms with Crippen LogP contribution in [0.5, 0.6) is 0 Å². The molecule has 0 aliphatic rings. The van der Waals surface area contributed by atoms with Gasteiger partial charge in [-0.3, -0.25) is 4.79 Å². The molecule has 0 saturated heterocycles. The Morgan fingerprint density at radius 1 is 1.38 bits per heavy atom. The van der Waals surface area contributed by atoms with Gasteiger partial charge >= 0.3 is 5.97 Å². The Balaban J connectivity index is 3.78. The molecule has 1 N–H and O–H groups in total. The van der Waals surface area contributed by atoms with Crippen molar-refractivity contribution in [3.8, 4) is 0 Å². The van der Waals surface area contributed by atoms with Crippen LogP contribution in [0.4, 0.5) is 0 Å². The zero-order valence-electron chi connectivity index (χ0n) is 9.09. The number of carbonyl (C=O) groups excluding carboxylic acids is 1. The first-order valence-electron chi connectivity index (χ1n) is 4.96. The smallest absolute Gasteiger partial charge is 0.309 e. The van der Waals surface area contributed by atoms with Gasteiger partial charge in [0.15, 0.2) is 0 Å². The van der Waals surface area contributed by atoms with Gasteiger partial charge in [0.25, 0.3) is 0 Å². The molecule has 78 valence electrons. The van der Waals surface area contributed by atoms with Gasteiger partial charge in [-0.05, 0) is 19.8 Å². The predicted octanol–water partition coefficient (Wildman–Crippen LogP) is 1.57. The molecule has 2 atom stereocenters. The minimum atomic E-state index is -0.113. The van der Waals surface area contributed by atoms with Crippen molar-refractivity contribution in [2.24, 2.45) is 5.92 Å². The Labute approximate surface area is 80.8 Å². The maximum atomic E-state index is 11.2. The number of nitrogens with one attached hydrogen (secondary N) is 1. The molecule has 0 heterocycles. The molecule has 13 heavy (non-hydrogen) atoms. The van der Waals surface area contributed by atoms with Crippen molar-refractivity contribution in [1.82, 2.24) is 5.32 Å². The molecule has 0 amide bonds. The van der Waals surface area contributed by atoms with E-state index in [0.717, 1.165) is 19.4 Å². The Hall–Kier alpha value is -0.570. The summed E-state index contributed by atoms with van der Waals surface area (Å²) in [7, 11) is 1.44. The first kappa shape index (κ1) is 12.4. The van der Waals surface area contributed by atoms with Gasteiger partial charge in [-0.2, -0.15) is 0 Å². The molecule has 2 unspecified atom stereocenters. The molecule has 0 fully saturated rings. The molecule has 0 rings (SSSR count). The first-order valence-corrected chi connectivity index (χ1v) is 4.96. The van der Waals surface area contributed by atoms with Gasteiger partial charge in [-0.15, -0.1) is 0 Å². The molecule has 0 bridgehead atoms. The normalized spacial score (nSPS) is 15.1. The summed E-state index contributed by atoms with van der Waals surface area (Å²) in [4.78, 5) is 11.2. The van der Waals surface area contributed by atoms with Gasteiger partial charge in [0.2, 0.25) is 0 Å². The van der Waals surface area contributed by atoms with Crippen molar-refractivity contribution in [3.05, 3.63) is 0 Å². The third-order valence-electron chi connectivity index (χ3n) is 2.35. The van der Waals surface area contributed by atoms with Crippen molar-refractivity contribution in [3.63, 3.8) is 0 Å². The van der Waals surface area contributed by atoms with E-state index in [1.807, 2.05) is 6.92 Å². The maximum Gasteiger partial charge on any atom is 0.309 e. The highest BCUT2D eigenvalue weighted by Crippen LogP contribution is 2.03. The molecule has 0 aromatic rings. The van der Waals surface area contributed by atoms with Crippen molar-refractivity contribution in [1.29, 1.82) is 0 Å². The van der Waals surface area contributed by atoms with Crippen molar-refractivity contribution >= 4 is 5.97 Å². The summed E-state index contributed by atoms with van der Waals surface area (Å²) in [6, 6.07) is 0.471. The molecule has 0 aromatic heterocycles. The number of methoxy groups -OCH3 is 1. The highest BCUT2D eigenvalue weighted by atomic mass is 16.5. The quantitative estimate of drug-likeness (QED) is 0.641. The predicted molar refractivity (Wildman–Crippen MR) is 53.6 cm³/mol. The Morgan fingerprint density at radius 2 is 2.00 bits per heavy atom. The second-order valence-electron chi connectivity index (χ2n) is 3.35. The summed E-state index contributed by atoms with van der Waals surface area (Å²) in [5, 5.41) is 3.30. The van der Waals surface area contributed by atoms with Crippen LogP contribution < -0.4 is 5.32 Å². The van der Waals surface area contributed by atoms with E-state index in [1.165, 1.54) is 7.11 Å². The van der Waals surface area contributed by atoms with Crippen molar-refractivity contribution in [2.45, 2.75) is 39.7 Å². The summed E-state index contributed by atoms with van der Waals surface area (Å²) in [6.45, 7) is 6.96. The van der Waals surface area contributed by atoms with E-state index >= 15 is 0 Å². The van der Waals surface area contributed by atoms with Gasteiger partial charge in [0, 0.05) is 12.6 Å². The molecule has 3 heteroatoms. The minimum Gasteiger partial charge on any atom is -0.469 e. The summed E-state index contributed by atoms with van der Waals surface area (Å²) in [5.41, 5.74) is 0. The van der Waals surface area contributed by atoms with Crippen molar-refractivity contribution in [2.75, 3.05) is 13.7 Å². The van der Waals surface area contributed by atoms with Crippen LogP contribution in [0.3, 0.4) is 0 Å². The monoisotopic (exact) mass is 187 g/mol. The molecule has 0 aliphatic carbocycles. The SMILES string of the molecule is CCC(C)NCC(CC)C(=O)OC. The average molecular weight is 187 g/mol. The topological polar surface area (TPSA) is 38.3 Å². The van der Waals surface area contributed by atoms with Crippen LogP contribution in [0.1, 0.15) is 33.6 Å². The number of rotatable bonds is 6. The van der Waals surface area contributed by atoms with Crippen LogP contribution in [0.25, 0.3) is 0 Å². The summed E-state index contributed by atoms with van der Waals surface area (Å²) < 4.78 is 4.69. The number of esters is 1. The van der Waals surface area contributed by atoms with Gasteiger partial charge < -0.3 is 10.1 Å². The average Bonchev–Trinajstić information content (AvgIpc) is 2.17. The lowest BCUT2D eigenvalue weighted by molar-refractivity contribution is -0.145. The second kappa shape index (κ2) is 6.89. The van der Waals surface area contributed by atoms with Gasteiger partial charge in [0.1, 0.15) is 0 Å². The fraction of sp³-hybridized carbons (Fsp3) is 0.900. The number of hydrogen-bond donors (Lipinski definition) is 1. The van der Waals surface area contributed by atoms with Gasteiger partial charge in [-0.1, -0.05) is 13.8 Å². The Bertz CT molecular complexity index is 148. The van der Waals surface area contributed by atoms with E-state index in [-0.39, 0.29) is 11.9 Å². The largest absolute Gasteiger partial charge is 0.469 e. The second-order valence-corrected chi connectivity index (χ2v) is 3.35. The standard InChI is InChI=1S/C10H21NO2/c1-5-8(3)11-7-9(6-2)10(12)13-4/h8-9,11H,5-7H2,1-4H3. The zero-order chi connectivity index (χ0) is 10.3. The molecule has 3 nitrogen and oxygen atoms in total. The number of hydrogen-bond acceptors (Lipinski definition) is 3. The zero-order valence-corrected chi connectivity index (χ0v) is 9.09. The molecule has 0 saturated carbocycles. The molecule has 0 aromatic carbocycles. The lowest BCUT2D eigenvalue weighted by Crippen LogP contribution is -2.34. The van der Waals surface area contributed by atoms with Crippen molar-refractivity contribution < 1.29 is 9.53 Å². The Morgan fingerprint density at radius 3 is 2.38 bits per heavy atom. The van der Waals surface area contributed by atoms with Crippen LogP contribution in [-0.2, 0) is 9.53 Å². The fourth-order valence-electron chi connectivity index (χ4n) is 1.05. The van der Waals surface area contributed by atoms with E-state index in [4.69, 9.17) is 4.74 Å². The summed E-state index contributed by atoms with van der Waals surface area (Å²) in [6.07, 6.45) is 1.91. The lowest BCUT2D eigenvalue weighted by atomic mass is 10.1. The molecule has 0 spiro atoms.